The van der Waals surface area contributed by atoms with E-state index in [-0.39, 0.29) is 0 Å². The van der Waals surface area contributed by atoms with Gasteiger partial charge >= 0.3 is 0 Å². The van der Waals surface area contributed by atoms with E-state index in [1.54, 1.807) is 0 Å². The average Bonchev–Trinajstić information content (AvgIpc) is 2.66. The molecule has 0 aliphatic carbocycles. The molecule has 0 saturated carbocycles. The summed E-state index contributed by atoms with van der Waals surface area (Å²) in [6, 6.07) is 33.7. The summed E-state index contributed by atoms with van der Waals surface area (Å²) in [5.74, 6) is 0. The fourth-order valence-corrected chi connectivity index (χ4v) is 3.36. The van der Waals surface area contributed by atoms with Gasteiger partial charge in [-0.15, -0.1) is 0 Å². The Hall–Kier alpha value is -2.84. The maximum atomic E-state index is 3.73. The molecule has 24 heavy (non-hydrogen) atoms. The highest BCUT2D eigenvalue weighted by Gasteiger charge is 2.14. The molecule has 2 heteroatoms. The Balaban J connectivity index is 2.00. The van der Waals surface area contributed by atoms with E-state index in [4.69, 9.17) is 0 Å². The zero-order valence-corrected chi connectivity index (χ0v) is 14.2. The Morgan fingerprint density at radius 3 is 1.58 bits per heavy atom. The van der Waals surface area contributed by atoms with E-state index >= 15 is 0 Å². The smallest absolute Gasteiger partial charge is 0.0720 e. The van der Waals surface area contributed by atoms with Crippen molar-refractivity contribution in [2.24, 2.45) is 0 Å². The molecule has 0 unspecified atom stereocenters. The third kappa shape index (κ3) is 2.61. The molecular weight excluding hydrogens is 306 g/mol. The molecule has 0 spiro atoms. The molecule has 3 radical (unpaired) electrons. The lowest BCUT2D eigenvalue weighted by atomic mass is 10.1. The topological polar surface area (TPSA) is 3.24 Å². The summed E-state index contributed by atoms with van der Waals surface area (Å²) in [6.07, 6.45) is 0. The number of anilines is 3. The van der Waals surface area contributed by atoms with Gasteiger partial charge in [-0.25, -0.2) is 0 Å². The minimum absolute atomic E-state index is 1.11. The quantitative estimate of drug-likeness (QED) is 0.474. The van der Waals surface area contributed by atoms with Crippen LogP contribution in [0, 0.1) is 0 Å². The minimum atomic E-state index is 1.11. The van der Waals surface area contributed by atoms with Gasteiger partial charge in [0.15, 0.2) is 0 Å². The summed E-state index contributed by atoms with van der Waals surface area (Å²) < 4.78 is 0. The van der Waals surface area contributed by atoms with Crippen LogP contribution in [0.3, 0.4) is 0 Å². The molecule has 0 aliphatic rings. The van der Waals surface area contributed by atoms with Gasteiger partial charge in [0.2, 0.25) is 0 Å². The van der Waals surface area contributed by atoms with Gasteiger partial charge in [0.1, 0.15) is 0 Å². The van der Waals surface area contributed by atoms with Gasteiger partial charge in [-0.3, -0.25) is 0 Å². The van der Waals surface area contributed by atoms with E-state index < -0.39 is 0 Å². The second kappa shape index (κ2) is 6.34. The molecule has 0 atom stereocenters. The van der Waals surface area contributed by atoms with Crippen LogP contribution in [0.15, 0.2) is 97.1 Å². The van der Waals surface area contributed by atoms with Crippen molar-refractivity contribution < 1.29 is 0 Å². The summed E-state index contributed by atoms with van der Waals surface area (Å²) in [6.45, 7) is 0. The maximum Gasteiger partial charge on any atom is 0.0720 e. The summed E-state index contributed by atoms with van der Waals surface area (Å²) in [4.78, 5) is 2.30. The standard InChI is InChI=1S/C22H16NSi/c24-22-16-15-21(19-13-7-8-14-20(19)22)23(17-9-3-1-4-10-17)18-11-5-2-6-12-18/h1-16H. The van der Waals surface area contributed by atoms with E-state index in [0.717, 1.165) is 16.6 Å². The largest absolute Gasteiger partial charge is 0.310 e. The van der Waals surface area contributed by atoms with E-state index in [9.17, 15) is 0 Å². The molecule has 0 N–H and O–H groups in total. The second-order valence-corrected chi connectivity index (χ2v) is 6.22. The molecule has 1 nitrogen and oxygen atoms in total. The lowest BCUT2D eigenvalue weighted by Crippen LogP contribution is -2.13. The van der Waals surface area contributed by atoms with E-state index in [2.05, 4.69) is 100 Å². The Labute approximate surface area is 145 Å². The van der Waals surface area contributed by atoms with E-state index in [1.807, 2.05) is 12.1 Å². The van der Waals surface area contributed by atoms with Gasteiger partial charge in [0, 0.05) is 16.8 Å². The summed E-state index contributed by atoms with van der Waals surface area (Å²) in [5.41, 5.74) is 3.47. The summed E-state index contributed by atoms with van der Waals surface area (Å²) in [5, 5.41) is 3.54. The van der Waals surface area contributed by atoms with Gasteiger partial charge in [-0.05, 0) is 35.7 Å². The van der Waals surface area contributed by atoms with Crippen LogP contribution in [0.2, 0.25) is 0 Å². The molecule has 0 saturated heterocycles. The number of nitrogens with zero attached hydrogens (tertiary/aromatic N) is 1. The average molecular weight is 322 g/mol. The first-order chi connectivity index (χ1) is 11.8. The van der Waals surface area contributed by atoms with E-state index in [0.29, 0.717) is 0 Å². The maximum absolute atomic E-state index is 3.73. The number of hydrogen-bond donors (Lipinski definition) is 0. The van der Waals surface area contributed by atoms with Gasteiger partial charge < -0.3 is 4.90 Å². The highest BCUT2D eigenvalue weighted by molar-refractivity contribution is 6.39. The highest BCUT2D eigenvalue weighted by Crippen LogP contribution is 2.37. The van der Waals surface area contributed by atoms with Crippen LogP contribution in [0.4, 0.5) is 17.1 Å². The van der Waals surface area contributed by atoms with Crippen molar-refractivity contribution in [2.45, 2.75) is 0 Å². The number of para-hydroxylation sites is 2. The Kier molecular flexibility index (Phi) is 3.89. The fourth-order valence-electron chi connectivity index (χ4n) is 3.06. The van der Waals surface area contributed by atoms with Gasteiger partial charge in [-0.1, -0.05) is 71.9 Å². The van der Waals surface area contributed by atoms with Crippen LogP contribution < -0.4 is 10.1 Å². The van der Waals surface area contributed by atoms with Crippen molar-refractivity contribution in [3.8, 4) is 0 Å². The van der Waals surface area contributed by atoms with Crippen LogP contribution in [-0.4, -0.2) is 10.2 Å². The van der Waals surface area contributed by atoms with Gasteiger partial charge in [-0.2, -0.15) is 0 Å². The van der Waals surface area contributed by atoms with Crippen molar-refractivity contribution in [2.75, 3.05) is 4.90 Å². The molecule has 0 aliphatic heterocycles. The third-order valence-electron chi connectivity index (χ3n) is 4.17. The zero-order valence-electron chi connectivity index (χ0n) is 13.2. The monoisotopic (exact) mass is 322 g/mol. The van der Waals surface area contributed by atoms with Crippen molar-refractivity contribution in [3.63, 3.8) is 0 Å². The molecule has 4 rings (SSSR count). The van der Waals surface area contributed by atoms with Crippen molar-refractivity contribution in [1.29, 1.82) is 0 Å². The normalized spacial score (nSPS) is 10.7. The van der Waals surface area contributed by atoms with Crippen molar-refractivity contribution >= 4 is 43.3 Å². The molecule has 0 amide bonds. The molecule has 113 valence electrons. The first-order valence-electron chi connectivity index (χ1n) is 7.98. The highest BCUT2D eigenvalue weighted by atomic mass is 28.1. The van der Waals surface area contributed by atoms with Crippen LogP contribution in [0.1, 0.15) is 0 Å². The lowest BCUT2D eigenvalue weighted by molar-refractivity contribution is 1.30. The molecule has 4 aromatic carbocycles. The molecule has 0 fully saturated rings. The molecular formula is C22H16NSi. The molecule has 0 heterocycles. The van der Waals surface area contributed by atoms with Gasteiger partial charge in [0.05, 0.1) is 15.9 Å². The Bertz CT molecular complexity index is 925. The Morgan fingerprint density at radius 2 is 1.00 bits per heavy atom. The number of rotatable bonds is 3. The fraction of sp³-hybridized carbons (Fsp3) is 0. The predicted octanol–water partition coefficient (Wildman–Crippen LogP) is 5.10. The van der Waals surface area contributed by atoms with Gasteiger partial charge in [0.25, 0.3) is 0 Å². The number of benzene rings is 4. The van der Waals surface area contributed by atoms with Crippen LogP contribution in [-0.2, 0) is 0 Å². The number of fused-ring (bicyclic) bond motifs is 1. The van der Waals surface area contributed by atoms with Crippen molar-refractivity contribution in [1.82, 2.24) is 0 Å². The van der Waals surface area contributed by atoms with Crippen LogP contribution in [0.25, 0.3) is 10.8 Å². The third-order valence-corrected chi connectivity index (χ3v) is 4.61. The molecule has 0 bridgehead atoms. The minimum Gasteiger partial charge on any atom is -0.310 e. The number of hydrogen-bond acceptors (Lipinski definition) is 1. The predicted molar refractivity (Wildman–Crippen MR) is 104 cm³/mol. The molecule has 4 aromatic rings. The van der Waals surface area contributed by atoms with Crippen molar-refractivity contribution in [3.05, 3.63) is 97.1 Å². The van der Waals surface area contributed by atoms with E-state index in [1.165, 1.54) is 16.5 Å². The summed E-state index contributed by atoms with van der Waals surface area (Å²) in [7, 11) is 3.73. The first kappa shape index (κ1) is 14.7. The molecule has 0 aromatic heterocycles. The zero-order chi connectivity index (χ0) is 16.4. The lowest BCUT2D eigenvalue weighted by Gasteiger charge is -2.27. The SMILES string of the molecule is [Si]c1ccc(N(c2ccccc2)c2ccccc2)c2ccccc12. The summed E-state index contributed by atoms with van der Waals surface area (Å²) >= 11 is 0. The van der Waals surface area contributed by atoms with Crippen LogP contribution >= 0.6 is 0 Å². The Morgan fingerprint density at radius 1 is 0.500 bits per heavy atom. The first-order valence-corrected chi connectivity index (χ1v) is 8.48. The second-order valence-electron chi connectivity index (χ2n) is 5.68. The van der Waals surface area contributed by atoms with Crippen LogP contribution in [0.5, 0.6) is 0 Å².